The van der Waals surface area contributed by atoms with Crippen LogP contribution in [-0.2, 0) is 0 Å². The van der Waals surface area contributed by atoms with E-state index in [0.717, 1.165) is 29.0 Å². The van der Waals surface area contributed by atoms with Gasteiger partial charge in [-0.15, -0.1) is 0 Å². The van der Waals surface area contributed by atoms with Crippen LogP contribution in [0.1, 0.15) is 23.1 Å². The van der Waals surface area contributed by atoms with Crippen LogP contribution in [0.3, 0.4) is 0 Å². The molecular formula is C12H17NS. The zero-order chi connectivity index (χ0) is 10.6. The van der Waals surface area contributed by atoms with E-state index in [0.29, 0.717) is 0 Å². The van der Waals surface area contributed by atoms with Crippen LogP contribution in [-0.4, -0.2) is 5.75 Å². The molecule has 0 aliphatic carbocycles. The summed E-state index contributed by atoms with van der Waals surface area (Å²) in [5.74, 6) is 0.876. The third kappa shape index (κ3) is 2.81. The van der Waals surface area contributed by atoms with E-state index in [9.17, 15) is 0 Å². The highest BCUT2D eigenvalue weighted by atomic mass is 32.1. The van der Waals surface area contributed by atoms with Gasteiger partial charge in [-0.05, 0) is 43.2 Å². The molecule has 0 unspecified atom stereocenters. The molecule has 0 amide bonds. The molecule has 0 fully saturated rings. The fraction of sp³-hybridized carbons (Fsp3) is 0.333. The summed E-state index contributed by atoms with van der Waals surface area (Å²) in [6.45, 7) is 4.13. The lowest BCUT2D eigenvalue weighted by molar-refractivity contribution is 1.26. The molecule has 76 valence electrons. The Morgan fingerprint density at radius 3 is 2.71 bits per heavy atom. The lowest BCUT2D eigenvalue weighted by Gasteiger charge is -2.06. The summed E-state index contributed by atoms with van der Waals surface area (Å²) in [5.41, 5.74) is 10.4. The lowest BCUT2D eigenvalue weighted by Crippen LogP contribution is -1.94. The average molecular weight is 207 g/mol. The van der Waals surface area contributed by atoms with Gasteiger partial charge in [-0.2, -0.15) is 12.6 Å². The van der Waals surface area contributed by atoms with Crippen molar-refractivity contribution in [2.45, 2.75) is 20.3 Å². The van der Waals surface area contributed by atoms with Crippen molar-refractivity contribution in [1.29, 1.82) is 0 Å². The minimum Gasteiger partial charge on any atom is -0.398 e. The first-order valence-corrected chi connectivity index (χ1v) is 5.42. The molecule has 2 heteroatoms. The second-order valence-corrected chi connectivity index (χ2v) is 3.95. The van der Waals surface area contributed by atoms with Crippen molar-refractivity contribution in [3.63, 3.8) is 0 Å². The monoisotopic (exact) mass is 207 g/mol. The van der Waals surface area contributed by atoms with Gasteiger partial charge in [0.25, 0.3) is 0 Å². The van der Waals surface area contributed by atoms with E-state index in [1.54, 1.807) is 0 Å². The van der Waals surface area contributed by atoms with Gasteiger partial charge < -0.3 is 5.73 Å². The average Bonchev–Trinajstić information content (AvgIpc) is 2.13. The normalized spacial score (nSPS) is 11.1. The van der Waals surface area contributed by atoms with Crippen molar-refractivity contribution < 1.29 is 0 Å². The molecule has 0 spiro atoms. The number of thiol groups is 1. The van der Waals surface area contributed by atoms with E-state index in [1.165, 1.54) is 5.56 Å². The predicted molar refractivity (Wildman–Crippen MR) is 67.8 cm³/mol. The summed E-state index contributed by atoms with van der Waals surface area (Å²) in [6.07, 6.45) is 5.17. The number of nitrogens with two attached hydrogens (primary N) is 1. The van der Waals surface area contributed by atoms with Gasteiger partial charge in [0, 0.05) is 5.69 Å². The van der Waals surface area contributed by atoms with Crippen molar-refractivity contribution >= 4 is 24.4 Å². The van der Waals surface area contributed by atoms with Crippen molar-refractivity contribution in [2.75, 3.05) is 11.5 Å². The summed E-state index contributed by atoms with van der Waals surface area (Å²) in [6, 6.07) is 4.21. The first-order valence-electron chi connectivity index (χ1n) is 4.79. The summed E-state index contributed by atoms with van der Waals surface area (Å²) in [4.78, 5) is 0. The maximum absolute atomic E-state index is 5.96. The molecule has 0 saturated heterocycles. The summed E-state index contributed by atoms with van der Waals surface area (Å²) < 4.78 is 0. The third-order valence-electron chi connectivity index (χ3n) is 2.16. The van der Waals surface area contributed by atoms with Crippen LogP contribution in [0, 0.1) is 13.8 Å². The highest BCUT2D eigenvalue weighted by Gasteiger charge is 1.99. The van der Waals surface area contributed by atoms with Gasteiger partial charge in [0.15, 0.2) is 0 Å². The Kier molecular flexibility index (Phi) is 4.08. The highest BCUT2D eigenvalue weighted by molar-refractivity contribution is 7.80. The topological polar surface area (TPSA) is 26.0 Å². The standard InChI is InChI=1S/C12H17NS/c1-9-7-10(2)12(13)11(8-9)5-3-4-6-14/h3,5,7-8,14H,4,6,13H2,1-2H3. The van der Waals surface area contributed by atoms with E-state index in [1.807, 2.05) is 6.92 Å². The number of benzene rings is 1. The number of allylic oxidation sites excluding steroid dienone is 1. The van der Waals surface area contributed by atoms with Crippen LogP contribution in [0.2, 0.25) is 0 Å². The second-order valence-electron chi connectivity index (χ2n) is 3.50. The third-order valence-corrected chi connectivity index (χ3v) is 2.41. The minimum absolute atomic E-state index is 0.876. The van der Waals surface area contributed by atoms with E-state index < -0.39 is 0 Å². The molecule has 0 aliphatic heterocycles. The fourth-order valence-corrected chi connectivity index (χ4v) is 1.58. The second kappa shape index (κ2) is 5.11. The van der Waals surface area contributed by atoms with Crippen molar-refractivity contribution in [2.24, 2.45) is 0 Å². The largest absolute Gasteiger partial charge is 0.398 e. The molecular weight excluding hydrogens is 190 g/mol. The van der Waals surface area contributed by atoms with Gasteiger partial charge in [-0.3, -0.25) is 0 Å². The van der Waals surface area contributed by atoms with Crippen molar-refractivity contribution in [1.82, 2.24) is 0 Å². The van der Waals surface area contributed by atoms with Gasteiger partial charge in [-0.1, -0.05) is 23.8 Å². The van der Waals surface area contributed by atoms with Crippen molar-refractivity contribution in [3.8, 4) is 0 Å². The molecule has 0 aliphatic rings. The fourth-order valence-electron chi connectivity index (χ4n) is 1.43. The smallest absolute Gasteiger partial charge is 0.0417 e. The van der Waals surface area contributed by atoms with Gasteiger partial charge in [0.05, 0.1) is 0 Å². The Morgan fingerprint density at radius 1 is 1.36 bits per heavy atom. The Morgan fingerprint density at radius 2 is 2.07 bits per heavy atom. The lowest BCUT2D eigenvalue weighted by atomic mass is 10.0. The zero-order valence-corrected chi connectivity index (χ0v) is 9.64. The molecule has 0 saturated carbocycles. The van der Waals surface area contributed by atoms with Gasteiger partial charge in [0.2, 0.25) is 0 Å². The first-order chi connectivity index (χ1) is 6.65. The van der Waals surface area contributed by atoms with Gasteiger partial charge in [0.1, 0.15) is 0 Å². The maximum atomic E-state index is 5.96. The summed E-state index contributed by atoms with van der Waals surface area (Å²) >= 11 is 4.15. The molecule has 0 atom stereocenters. The number of nitrogen functional groups attached to an aromatic ring is 1. The highest BCUT2D eigenvalue weighted by Crippen LogP contribution is 2.20. The van der Waals surface area contributed by atoms with E-state index in [-0.39, 0.29) is 0 Å². The maximum Gasteiger partial charge on any atom is 0.0417 e. The number of rotatable bonds is 3. The van der Waals surface area contributed by atoms with Crippen LogP contribution in [0.15, 0.2) is 18.2 Å². The molecule has 0 aromatic heterocycles. The quantitative estimate of drug-likeness (QED) is 0.577. The molecule has 1 aromatic carbocycles. The Bertz CT molecular complexity index is 342. The number of hydrogen-bond donors (Lipinski definition) is 2. The molecule has 0 radical (unpaired) electrons. The number of anilines is 1. The molecule has 1 rings (SSSR count). The van der Waals surface area contributed by atoms with E-state index in [2.05, 4.69) is 43.8 Å². The molecule has 0 heterocycles. The summed E-state index contributed by atoms with van der Waals surface area (Å²) in [7, 11) is 0. The van der Waals surface area contributed by atoms with E-state index in [4.69, 9.17) is 5.73 Å². The zero-order valence-electron chi connectivity index (χ0n) is 8.75. The van der Waals surface area contributed by atoms with Crippen LogP contribution < -0.4 is 5.73 Å². The molecule has 2 N–H and O–H groups in total. The number of aryl methyl sites for hydroxylation is 2. The first kappa shape index (κ1) is 11.2. The van der Waals surface area contributed by atoms with Crippen LogP contribution >= 0.6 is 12.6 Å². The molecule has 1 nitrogen and oxygen atoms in total. The predicted octanol–water partition coefficient (Wildman–Crippen LogP) is 3.22. The molecule has 14 heavy (non-hydrogen) atoms. The Labute approximate surface area is 91.4 Å². The SMILES string of the molecule is Cc1cc(C)c(N)c(C=CCCS)c1. The molecule has 1 aromatic rings. The Hall–Kier alpha value is -0.890. The van der Waals surface area contributed by atoms with E-state index >= 15 is 0 Å². The Balaban J connectivity index is 2.96. The van der Waals surface area contributed by atoms with Gasteiger partial charge in [-0.25, -0.2) is 0 Å². The molecule has 0 bridgehead atoms. The van der Waals surface area contributed by atoms with Gasteiger partial charge >= 0.3 is 0 Å². The van der Waals surface area contributed by atoms with Crippen LogP contribution in [0.4, 0.5) is 5.69 Å². The van der Waals surface area contributed by atoms with Crippen LogP contribution in [0.5, 0.6) is 0 Å². The van der Waals surface area contributed by atoms with Crippen LogP contribution in [0.25, 0.3) is 6.08 Å². The van der Waals surface area contributed by atoms with Crippen molar-refractivity contribution in [3.05, 3.63) is 34.9 Å². The minimum atomic E-state index is 0.876. The number of hydrogen-bond acceptors (Lipinski definition) is 2. The summed E-state index contributed by atoms with van der Waals surface area (Å²) in [5, 5.41) is 0.